The van der Waals surface area contributed by atoms with E-state index in [9.17, 15) is 4.79 Å². The zero-order valence-electron chi connectivity index (χ0n) is 17.0. The van der Waals surface area contributed by atoms with Crippen LogP contribution in [0.15, 0.2) is 47.6 Å². The fourth-order valence-electron chi connectivity index (χ4n) is 2.95. The summed E-state index contributed by atoms with van der Waals surface area (Å²) in [7, 11) is 0. The Labute approximate surface area is 175 Å². The van der Waals surface area contributed by atoms with E-state index in [1.54, 1.807) is 0 Å². The summed E-state index contributed by atoms with van der Waals surface area (Å²) in [5, 5.41) is 5.27. The summed E-state index contributed by atoms with van der Waals surface area (Å²) in [6.45, 7) is 8.05. The highest BCUT2D eigenvalue weighted by molar-refractivity contribution is 6.32. The SMILES string of the molecule is Cc1ccc(C(C)C)c(OCC(=O)N/N=C\c2cc3ccc(C)cc3nc2Cl)c1. The molecule has 1 aromatic heterocycles. The first-order chi connectivity index (χ1) is 13.8. The molecule has 0 aliphatic carbocycles. The summed E-state index contributed by atoms with van der Waals surface area (Å²) < 4.78 is 5.71. The molecule has 0 unspecified atom stereocenters. The molecule has 0 saturated carbocycles. The molecule has 0 aliphatic heterocycles. The van der Waals surface area contributed by atoms with Gasteiger partial charge in [-0.15, -0.1) is 0 Å². The number of aryl methyl sites for hydroxylation is 2. The maximum atomic E-state index is 12.1. The van der Waals surface area contributed by atoms with E-state index in [-0.39, 0.29) is 12.5 Å². The normalized spacial score (nSPS) is 11.4. The topological polar surface area (TPSA) is 63.6 Å². The van der Waals surface area contributed by atoms with Gasteiger partial charge in [0, 0.05) is 10.9 Å². The lowest BCUT2D eigenvalue weighted by Gasteiger charge is -2.14. The Morgan fingerprint density at radius 3 is 2.66 bits per heavy atom. The second-order valence-corrected chi connectivity index (χ2v) is 7.70. The molecule has 0 saturated heterocycles. The Morgan fingerprint density at radius 2 is 1.90 bits per heavy atom. The van der Waals surface area contributed by atoms with Crippen molar-refractivity contribution in [3.8, 4) is 5.75 Å². The molecule has 6 heteroatoms. The third-order valence-corrected chi connectivity index (χ3v) is 4.80. The molecule has 0 aliphatic rings. The fourth-order valence-corrected chi connectivity index (χ4v) is 3.15. The highest BCUT2D eigenvalue weighted by Gasteiger charge is 2.10. The maximum Gasteiger partial charge on any atom is 0.277 e. The van der Waals surface area contributed by atoms with Gasteiger partial charge in [0.2, 0.25) is 0 Å². The van der Waals surface area contributed by atoms with Crippen molar-refractivity contribution in [1.29, 1.82) is 0 Å². The van der Waals surface area contributed by atoms with E-state index in [4.69, 9.17) is 16.3 Å². The predicted octanol–water partition coefficient (Wildman–Crippen LogP) is 5.16. The Hall–Kier alpha value is -2.92. The van der Waals surface area contributed by atoms with Crippen molar-refractivity contribution in [1.82, 2.24) is 10.4 Å². The summed E-state index contributed by atoms with van der Waals surface area (Å²) in [4.78, 5) is 16.5. The van der Waals surface area contributed by atoms with Crippen molar-refractivity contribution in [2.45, 2.75) is 33.6 Å². The van der Waals surface area contributed by atoms with Crippen molar-refractivity contribution in [2.75, 3.05) is 6.61 Å². The van der Waals surface area contributed by atoms with E-state index >= 15 is 0 Å². The van der Waals surface area contributed by atoms with E-state index in [1.165, 1.54) is 6.21 Å². The van der Waals surface area contributed by atoms with Gasteiger partial charge in [0.15, 0.2) is 6.61 Å². The van der Waals surface area contributed by atoms with E-state index in [2.05, 4.69) is 29.4 Å². The van der Waals surface area contributed by atoms with Crippen molar-refractivity contribution in [3.05, 3.63) is 69.9 Å². The van der Waals surface area contributed by atoms with Gasteiger partial charge < -0.3 is 4.74 Å². The predicted molar refractivity (Wildman–Crippen MR) is 118 cm³/mol. The number of carbonyl (C=O) groups excluding carboxylic acids is 1. The van der Waals surface area contributed by atoms with Gasteiger partial charge in [-0.3, -0.25) is 4.79 Å². The average Bonchev–Trinajstić information content (AvgIpc) is 2.66. The highest BCUT2D eigenvalue weighted by atomic mass is 35.5. The number of carbonyl (C=O) groups is 1. The highest BCUT2D eigenvalue weighted by Crippen LogP contribution is 2.27. The molecule has 0 bridgehead atoms. The number of ether oxygens (including phenoxy) is 1. The number of pyridine rings is 1. The minimum absolute atomic E-state index is 0.122. The lowest BCUT2D eigenvalue weighted by molar-refractivity contribution is -0.123. The molecule has 0 spiro atoms. The fraction of sp³-hybridized carbons (Fsp3) is 0.261. The molecule has 0 fully saturated rings. The zero-order chi connectivity index (χ0) is 21.0. The van der Waals surface area contributed by atoms with Gasteiger partial charge in [-0.25, -0.2) is 10.4 Å². The molecule has 1 amide bonds. The van der Waals surface area contributed by atoms with Crippen LogP contribution in [-0.4, -0.2) is 23.7 Å². The summed E-state index contributed by atoms with van der Waals surface area (Å²) in [6.07, 6.45) is 1.48. The van der Waals surface area contributed by atoms with Gasteiger partial charge in [0.05, 0.1) is 11.7 Å². The smallest absolute Gasteiger partial charge is 0.277 e. The minimum atomic E-state index is -0.349. The molecular formula is C23H24ClN3O2. The molecule has 150 valence electrons. The summed E-state index contributed by atoms with van der Waals surface area (Å²) >= 11 is 6.23. The number of nitrogens with one attached hydrogen (secondary N) is 1. The standard InChI is InChI=1S/C23H24ClN3O2/c1-14(2)19-8-6-16(4)10-21(19)29-13-22(28)27-25-12-18-11-17-7-5-15(3)9-20(17)26-23(18)24/h5-12,14H,13H2,1-4H3,(H,27,28)/b25-12-. The molecule has 0 atom stereocenters. The summed E-state index contributed by atoms with van der Waals surface area (Å²) in [6, 6.07) is 13.8. The Kier molecular flexibility index (Phi) is 6.49. The van der Waals surface area contributed by atoms with Crippen LogP contribution in [0.25, 0.3) is 10.9 Å². The van der Waals surface area contributed by atoms with E-state index < -0.39 is 0 Å². The van der Waals surface area contributed by atoms with Crippen LogP contribution in [0.4, 0.5) is 0 Å². The first kappa shape index (κ1) is 20.8. The Balaban J connectivity index is 1.63. The molecule has 0 radical (unpaired) electrons. The number of hydrogen-bond donors (Lipinski definition) is 1. The monoisotopic (exact) mass is 409 g/mol. The van der Waals surface area contributed by atoms with Crippen LogP contribution in [0.2, 0.25) is 5.15 Å². The molecule has 5 nitrogen and oxygen atoms in total. The molecule has 1 N–H and O–H groups in total. The third-order valence-electron chi connectivity index (χ3n) is 4.50. The second-order valence-electron chi connectivity index (χ2n) is 7.34. The van der Waals surface area contributed by atoms with Gasteiger partial charge in [0.1, 0.15) is 10.9 Å². The maximum absolute atomic E-state index is 12.1. The molecule has 3 aromatic rings. The number of halogens is 1. The molecule has 1 heterocycles. The molecular weight excluding hydrogens is 386 g/mol. The van der Waals surface area contributed by atoms with Crippen LogP contribution < -0.4 is 10.2 Å². The first-order valence-electron chi connectivity index (χ1n) is 9.45. The Bertz CT molecular complexity index is 1080. The second kappa shape index (κ2) is 9.05. The third kappa shape index (κ3) is 5.33. The van der Waals surface area contributed by atoms with Gasteiger partial charge in [-0.05, 0) is 54.7 Å². The summed E-state index contributed by atoms with van der Waals surface area (Å²) in [5.41, 5.74) is 7.18. The van der Waals surface area contributed by atoms with Gasteiger partial charge >= 0.3 is 0 Å². The van der Waals surface area contributed by atoms with Crippen LogP contribution >= 0.6 is 11.6 Å². The number of hydrazone groups is 1. The van der Waals surface area contributed by atoms with Gasteiger partial charge in [-0.2, -0.15) is 5.10 Å². The van der Waals surface area contributed by atoms with Gasteiger partial charge in [0.25, 0.3) is 5.91 Å². The van der Waals surface area contributed by atoms with Crippen LogP contribution in [0.5, 0.6) is 5.75 Å². The van der Waals surface area contributed by atoms with Crippen LogP contribution in [0.1, 0.15) is 42.0 Å². The number of nitrogens with zero attached hydrogens (tertiary/aromatic N) is 2. The molecule has 3 rings (SSSR count). The number of hydrogen-bond acceptors (Lipinski definition) is 4. The minimum Gasteiger partial charge on any atom is -0.483 e. The van der Waals surface area contributed by atoms with Crippen LogP contribution in [-0.2, 0) is 4.79 Å². The average molecular weight is 410 g/mol. The van der Waals surface area contributed by atoms with Crippen LogP contribution in [0.3, 0.4) is 0 Å². The number of rotatable bonds is 6. The zero-order valence-corrected chi connectivity index (χ0v) is 17.7. The Morgan fingerprint density at radius 1 is 1.17 bits per heavy atom. The number of amides is 1. The number of fused-ring (bicyclic) bond motifs is 1. The number of aromatic nitrogens is 1. The van der Waals surface area contributed by atoms with E-state index in [0.717, 1.165) is 33.3 Å². The van der Waals surface area contributed by atoms with Gasteiger partial charge in [-0.1, -0.05) is 49.7 Å². The molecule has 29 heavy (non-hydrogen) atoms. The lowest BCUT2D eigenvalue weighted by Crippen LogP contribution is -2.25. The molecule has 2 aromatic carbocycles. The number of benzene rings is 2. The van der Waals surface area contributed by atoms with Crippen molar-refractivity contribution in [2.24, 2.45) is 5.10 Å². The quantitative estimate of drug-likeness (QED) is 0.347. The van der Waals surface area contributed by atoms with Crippen LogP contribution in [0, 0.1) is 13.8 Å². The van der Waals surface area contributed by atoms with E-state index in [1.807, 2.05) is 56.3 Å². The first-order valence-corrected chi connectivity index (χ1v) is 9.83. The lowest BCUT2D eigenvalue weighted by atomic mass is 10.0. The largest absolute Gasteiger partial charge is 0.483 e. The summed E-state index contributed by atoms with van der Waals surface area (Å²) in [5.74, 6) is 0.673. The van der Waals surface area contributed by atoms with Crippen molar-refractivity contribution < 1.29 is 9.53 Å². The van der Waals surface area contributed by atoms with E-state index in [0.29, 0.717) is 16.6 Å². The van der Waals surface area contributed by atoms with Crippen molar-refractivity contribution >= 4 is 34.6 Å². The van der Waals surface area contributed by atoms with Crippen molar-refractivity contribution in [3.63, 3.8) is 0 Å².